The summed E-state index contributed by atoms with van der Waals surface area (Å²) in [4.78, 5) is 0. The summed E-state index contributed by atoms with van der Waals surface area (Å²) in [6.07, 6.45) is 1.33. The molecule has 0 aliphatic heterocycles. The van der Waals surface area contributed by atoms with Crippen molar-refractivity contribution in [2.45, 2.75) is 0 Å². The van der Waals surface area contributed by atoms with E-state index in [1.807, 2.05) is 0 Å². The summed E-state index contributed by atoms with van der Waals surface area (Å²) >= 11 is 0. The second-order valence-electron chi connectivity index (χ2n) is 2.48. The van der Waals surface area contributed by atoms with Gasteiger partial charge in [-0.05, 0) is 18.2 Å². The quantitative estimate of drug-likeness (QED) is 0.728. The van der Waals surface area contributed by atoms with Gasteiger partial charge >= 0.3 is 0 Å². The number of nitrogens with zero attached hydrogens (tertiary/aromatic N) is 2. The van der Waals surface area contributed by atoms with E-state index in [4.69, 9.17) is 0 Å². The van der Waals surface area contributed by atoms with E-state index >= 15 is 0 Å². The van der Waals surface area contributed by atoms with Crippen LogP contribution in [0.25, 0.3) is 11.3 Å². The van der Waals surface area contributed by atoms with Crippen molar-refractivity contribution in [2.75, 3.05) is 0 Å². The molecular weight excluding hydrogens is 176 g/mol. The van der Waals surface area contributed by atoms with Gasteiger partial charge in [0.05, 0.1) is 6.20 Å². The van der Waals surface area contributed by atoms with Crippen molar-refractivity contribution in [1.29, 1.82) is 0 Å². The lowest BCUT2D eigenvalue weighted by Gasteiger charge is -1.97. The van der Waals surface area contributed by atoms with Crippen molar-refractivity contribution in [3.05, 3.63) is 36.0 Å². The van der Waals surface area contributed by atoms with Gasteiger partial charge in [0.2, 0.25) is 0 Å². The van der Waals surface area contributed by atoms with Crippen LogP contribution in [0.3, 0.4) is 0 Å². The van der Waals surface area contributed by atoms with Gasteiger partial charge in [-0.25, -0.2) is 8.78 Å². The van der Waals surface area contributed by atoms with Crippen molar-refractivity contribution in [3.63, 3.8) is 0 Å². The third kappa shape index (κ3) is 1.40. The largest absolute Gasteiger partial charge is 0.207 e. The smallest absolute Gasteiger partial charge is 0.132 e. The van der Waals surface area contributed by atoms with E-state index < -0.39 is 11.6 Å². The molecule has 0 unspecified atom stereocenters. The highest BCUT2D eigenvalue weighted by Crippen LogP contribution is 2.20. The molecule has 2 rings (SSSR count). The number of halogens is 2. The zero-order valence-corrected chi connectivity index (χ0v) is 6.46. The van der Waals surface area contributed by atoms with Gasteiger partial charge in [0.25, 0.3) is 0 Å². The number of nitrogens with one attached hydrogen (secondary N) is 1. The highest BCUT2D eigenvalue weighted by molar-refractivity contribution is 5.58. The molecule has 1 aromatic heterocycles. The maximum atomic E-state index is 13.1. The molecule has 0 fully saturated rings. The van der Waals surface area contributed by atoms with E-state index in [0.717, 1.165) is 18.2 Å². The van der Waals surface area contributed by atoms with Crippen LogP contribution in [0.1, 0.15) is 0 Å². The van der Waals surface area contributed by atoms with Crippen LogP contribution in [-0.2, 0) is 0 Å². The zero-order valence-electron chi connectivity index (χ0n) is 6.46. The molecule has 0 atom stereocenters. The fourth-order valence-electron chi connectivity index (χ4n) is 1.03. The fourth-order valence-corrected chi connectivity index (χ4v) is 1.03. The Labute approximate surface area is 72.4 Å². The first-order valence-electron chi connectivity index (χ1n) is 3.58. The predicted molar refractivity (Wildman–Crippen MR) is 41.7 cm³/mol. The number of aromatic nitrogens is 3. The third-order valence-corrected chi connectivity index (χ3v) is 1.62. The lowest BCUT2D eigenvalue weighted by molar-refractivity contribution is 0.602. The Morgan fingerprint density at radius 1 is 1.23 bits per heavy atom. The molecule has 0 spiro atoms. The number of hydrogen-bond donors (Lipinski definition) is 1. The fraction of sp³-hybridized carbons (Fsp3) is 0. The summed E-state index contributed by atoms with van der Waals surface area (Å²) in [5, 5.41) is 9.48. The van der Waals surface area contributed by atoms with Crippen LogP contribution in [0, 0.1) is 11.6 Å². The second-order valence-corrected chi connectivity index (χ2v) is 2.48. The molecule has 0 radical (unpaired) electrons. The minimum Gasteiger partial charge on any atom is -0.207 e. The number of rotatable bonds is 1. The van der Waals surface area contributed by atoms with Crippen molar-refractivity contribution in [2.24, 2.45) is 0 Å². The summed E-state index contributed by atoms with van der Waals surface area (Å²) in [7, 11) is 0. The SMILES string of the molecule is Fc1ccc(F)c(-c2cn[nH]n2)c1. The maximum absolute atomic E-state index is 13.1. The zero-order chi connectivity index (χ0) is 9.26. The minimum atomic E-state index is -0.518. The van der Waals surface area contributed by atoms with Crippen molar-refractivity contribution in [3.8, 4) is 11.3 Å². The highest BCUT2D eigenvalue weighted by atomic mass is 19.1. The normalized spacial score (nSPS) is 10.3. The van der Waals surface area contributed by atoms with E-state index in [1.54, 1.807) is 0 Å². The Morgan fingerprint density at radius 3 is 2.77 bits per heavy atom. The first kappa shape index (κ1) is 7.85. The summed E-state index contributed by atoms with van der Waals surface area (Å²) < 4.78 is 25.8. The molecular formula is C8H5F2N3. The highest BCUT2D eigenvalue weighted by Gasteiger charge is 2.08. The van der Waals surface area contributed by atoms with E-state index in [0.29, 0.717) is 0 Å². The van der Waals surface area contributed by atoms with Gasteiger partial charge in [0.1, 0.15) is 17.3 Å². The molecule has 0 bridgehead atoms. The van der Waals surface area contributed by atoms with Gasteiger partial charge in [-0.2, -0.15) is 15.4 Å². The minimum absolute atomic E-state index is 0.105. The van der Waals surface area contributed by atoms with E-state index in [-0.39, 0.29) is 11.3 Å². The molecule has 0 aliphatic rings. The lowest BCUT2D eigenvalue weighted by Crippen LogP contribution is -1.86. The standard InChI is InChI=1S/C8H5F2N3/c9-5-1-2-7(10)6(3-5)8-4-11-13-12-8/h1-4H,(H,11,12,13). The maximum Gasteiger partial charge on any atom is 0.132 e. The Balaban J connectivity index is 2.57. The summed E-state index contributed by atoms with van der Waals surface area (Å²) in [5.74, 6) is -1.02. The van der Waals surface area contributed by atoms with E-state index in [9.17, 15) is 8.78 Å². The van der Waals surface area contributed by atoms with Gasteiger partial charge in [-0.15, -0.1) is 0 Å². The monoisotopic (exact) mass is 181 g/mol. The molecule has 1 aromatic carbocycles. The van der Waals surface area contributed by atoms with Crippen LogP contribution in [0.15, 0.2) is 24.4 Å². The number of hydrogen-bond acceptors (Lipinski definition) is 2. The molecule has 0 aliphatic carbocycles. The molecule has 1 N–H and O–H groups in total. The molecule has 5 heteroatoms. The number of aromatic amines is 1. The summed E-state index contributed by atoms with van der Waals surface area (Å²) in [6.45, 7) is 0. The lowest BCUT2D eigenvalue weighted by atomic mass is 10.1. The molecule has 13 heavy (non-hydrogen) atoms. The van der Waals surface area contributed by atoms with Crippen LogP contribution in [0.4, 0.5) is 8.78 Å². The third-order valence-electron chi connectivity index (χ3n) is 1.62. The van der Waals surface area contributed by atoms with Crippen molar-refractivity contribution >= 4 is 0 Å². The van der Waals surface area contributed by atoms with Crippen LogP contribution in [0.2, 0.25) is 0 Å². The van der Waals surface area contributed by atoms with Gasteiger partial charge in [0.15, 0.2) is 0 Å². The summed E-state index contributed by atoms with van der Waals surface area (Å²) in [6, 6.07) is 3.19. The molecule has 0 amide bonds. The van der Waals surface area contributed by atoms with Crippen LogP contribution < -0.4 is 0 Å². The van der Waals surface area contributed by atoms with Crippen LogP contribution in [0.5, 0.6) is 0 Å². The molecule has 0 saturated carbocycles. The molecule has 66 valence electrons. The van der Waals surface area contributed by atoms with Gasteiger partial charge < -0.3 is 0 Å². The van der Waals surface area contributed by atoms with Gasteiger partial charge in [0, 0.05) is 5.56 Å². The first-order valence-corrected chi connectivity index (χ1v) is 3.58. The molecule has 2 aromatic rings. The Hall–Kier alpha value is -1.78. The first-order chi connectivity index (χ1) is 6.27. The molecule has 0 saturated heterocycles. The van der Waals surface area contributed by atoms with Gasteiger partial charge in [-0.1, -0.05) is 0 Å². The number of H-pyrrole nitrogens is 1. The van der Waals surface area contributed by atoms with Crippen LogP contribution >= 0.6 is 0 Å². The Kier molecular flexibility index (Phi) is 1.77. The summed E-state index contributed by atoms with van der Waals surface area (Å²) in [5.41, 5.74) is 0.394. The Bertz CT molecular complexity index is 411. The molecule has 3 nitrogen and oxygen atoms in total. The van der Waals surface area contributed by atoms with Crippen molar-refractivity contribution in [1.82, 2.24) is 15.4 Å². The average molecular weight is 181 g/mol. The van der Waals surface area contributed by atoms with Crippen molar-refractivity contribution < 1.29 is 8.78 Å². The van der Waals surface area contributed by atoms with E-state index in [2.05, 4.69) is 15.4 Å². The van der Waals surface area contributed by atoms with Crippen LogP contribution in [-0.4, -0.2) is 15.4 Å². The topological polar surface area (TPSA) is 41.6 Å². The Morgan fingerprint density at radius 2 is 2.08 bits per heavy atom. The van der Waals surface area contributed by atoms with E-state index in [1.165, 1.54) is 6.20 Å². The predicted octanol–water partition coefficient (Wildman–Crippen LogP) is 1.75. The average Bonchev–Trinajstić information content (AvgIpc) is 2.61. The number of benzene rings is 1. The molecule has 1 heterocycles. The van der Waals surface area contributed by atoms with Gasteiger partial charge in [-0.3, -0.25) is 0 Å². The second kappa shape index (κ2) is 2.93.